The fourth-order valence-corrected chi connectivity index (χ4v) is 2.12. The molecule has 0 radical (unpaired) electrons. The maximum Gasteiger partial charge on any atom is 0.126 e. The van der Waals surface area contributed by atoms with E-state index >= 15 is 0 Å². The fraction of sp³-hybridized carbons (Fsp3) is 0.312. The Labute approximate surface area is 114 Å². The number of aryl methyl sites for hydroxylation is 1. The second kappa shape index (κ2) is 5.85. The minimum absolute atomic E-state index is 0.123. The van der Waals surface area contributed by atoms with Crippen LogP contribution in [0.25, 0.3) is 0 Å². The number of benzene rings is 1. The Balaban J connectivity index is 2.26. The first kappa shape index (κ1) is 13.6. The van der Waals surface area contributed by atoms with Gasteiger partial charge in [0, 0.05) is 11.7 Å². The summed E-state index contributed by atoms with van der Waals surface area (Å²) < 4.78 is 0. The van der Waals surface area contributed by atoms with E-state index in [2.05, 4.69) is 30.2 Å². The number of nitrogens with zero attached hydrogens (tertiary/aromatic N) is 1. The third-order valence-electron chi connectivity index (χ3n) is 3.06. The molecule has 0 bridgehead atoms. The number of hydrogen-bond acceptors (Lipinski definition) is 3. The summed E-state index contributed by atoms with van der Waals surface area (Å²) in [6, 6.07) is 14.4. The summed E-state index contributed by atoms with van der Waals surface area (Å²) in [5.41, 5.74) is 9.46. The molecule has 2 rings (SSSR count). The third kappa shape index (κ3) is 3.32. The summed E-state index contributed by atoms with van der Waals surface area (Å²) in [4.78, 5) is 4.57. The zero-order valence-corrected chi connectivity index (χ0v) is 11.7. The number of nitrogens with two attached hydrogens (primary N) is 1. The van der Waals surface area contributed by atoms with Crippen molar-refractivity contribution in [3.8, 4) is 0 Å². The van der Waals surface area contributed by atoms with E-state index in [-0.39, 0.29) is 6.04 Å². The molecule has 1 heterocycles. The van der Waals surface area contributed by atoms with E-state index < -0.39 is 0 Å². The van der Waals surface area contributed by atoms with Crippen molar-refractivity contribution in [3.05, 3.63) is 59.3 Å². The first-order chi connectivity index (χ1) is 9.08. The summed E-state index contributed by atoms with van der Waals surface area (Å²) in [5.74, 6) is 0.900. The van der Waals surface area contributed by atoms with Crippen molar-refractivity contribution >= 4 is 5.82 Å². The van der Waals surface area contributed by atoms with Gasteiger partial charge in [0.15, 0.2) is 0 Å². The maximum absolute atomic E-state index is 6.31. The van der Waals surface area contributed by atoms with Gasteiger partial charge < -0.3 is 11.1 Å². The monoisotopic (exact) mass is 255 g/mol. The zero-order valence-electron chi connectivity index (χ0n) is 11.7. The lowest BCUT2D eigenvalue weighted by molar-refractivity contribution is 0.841. The Morgan fingerprint density at radius 1 is 1.05 bits per heavy atom. The first-order valence-corrected chi connectivity index (χ1v) is 6.62. The van der Waals surface area contributed by atoms with Crippen molar-refractivity contribution in [1.29, 1.82) is 0 Å². The van der Waals surface area contributed by atoms with Crippen LogP contribution in [0.1, 0.15) is 36.7 Å². The van der Waals surface area contributed by atoms with Crippen LogP contribution in [0.15, 0.2) is 42.5 Å². The van der Waals surface area contributed by atoms with Crippen molar-refractivity contribution in [3.63, 3.8) is 0 Å². The number of aromatic nitrogens is 1. The van der Waals surface area contributed by atoms with Crippen LogP contribution in [0.5, 0.6) is 0 Å². The highest BCUT2D eigenvalue weighted by molar-refractivity contribution is 5.42. The third-order valence-corrected chi connectivity index (χ3v) is 3.06. The molecule has 0 fully saturated rings. The molecular weight excluding hydrogens is 234 g/mol. The smallest absolute Gasteiger partial charge is 0.126 e. The highest BCUT2D eigenvalue weighted by Crippen LogP contribution is 2.22. The lowest BCUT2D eigenvalue weighted by atomic mass is 9.98. The van der Waals surface area contributed by atoms with E-state index in [0.717, 1.165) is 22.6 Å². The Bertz CT molecular complexity index is 535. The van der Waals surface area contributed by atoms with E-state index in [0.29, 0.717) is 6.04 Å². The molecule has 19 heavy (non-hydrogen) atoms. The lowest BCUT2D eigenvalue weighted by Crippen LogP contribution is -2.16. The van der Waals surface area contributed by atoms with Crippen molar-refractivity contribution in [2.75, 3.05) is 5.32 Å². The van der Waals surface area contributed by atoms with Gasteiger partial charge in [-0.2, -0.15) is 0 Å². The Hall–Kier alpha value is -1.87. The minimum Gasteiger partial charge on any atom is -0.368 e. The van der Waals surface area contributed by atoms with E-state index in [1.807, 2.05) is 43.3 Å². The average molecular weight is 255 g/mol. The zero-order chi connectivity index (χ0) is 13.8. The molecule has 3 N–H and O–H groups in total. The highest BCUT2D eigenvalue weighted by Gasteiger charge is 2.12. The van der Waals surface area contributed by atoms with Crippen LogP contribution in [-0.2, 0) is 0 Å². The summed E-state index contributed by atoms with van der Waals surface area (Å²) >= 11 is 0. The summed E-state index contributed by atoms with van der Waals surface area (Å²) in [7, 11) is 0. The second-order valence-corrected chi connectivity index (χ2v) is 5.06. The number of pyridine rings is 1. The Morgan fingerprint density at radius 2 is 1.74 bits per heavy atom. The molecule has 1 aromatic heterocycles. The summed E-state index contributed by atoms with van der Waals surface area (Å²) in [5, 5.41) is 3.30. The molecule has 1 unspecified atom stereocenters. The van der Waals surface area contributed by atoms with Crippen LogP contribution in [0.2, 0.25) is 0 Å². The number of nitrogens with one attached hydrogen (secondary N) is 1. The van der Waals surface area contributed by atoms with Crippen LogP contribution < -0.4 is 11.1 Å². The molecule has 0 spiro atoms. The molecule has 3 heteroatoms. The molecule has 0 saturated carbocycles. The van der Waals surface area contributed by atoms with Crippen molar-refractivity contribution in [2.24, 2.45) is 5.73 Å². The van der Waals surface area contributed by atoms with Gasteiger partial charge in [-0.3, -0.25) is 0 Å². The first-order valence-electron chi connectivity index (χ1n) is 6.62. The molecule has 0 aliphatic rings. The van der Waals surface area contributed by atoms with Gasteiger partial charge in [0.2, 0.25) is 0 Å². The van der Waals surface area contributed by atoms with Crippen molar-refractivity contribution in [2.45, 2.75) is 32.9 Å². The lowest BCUT2D eigenvalue weighted by Gasteiger charge is -2.16. The van der Waals surface area contributed by atoms with E-state index in [1.54, 1.807) is 0 Å². The Kier molecular flexibility index (Phi) is 4.17. The average Bonchev–Trinajstić information content (AvgIpc) is 2.38. The largest absolute Gasteiger partial charge is 0.368 e. The molecule has 2 aromatic rings. The van der Waals surface area contributed by atoms with Gasteiger partial charge in [0.05, 0.1) is 6.04 Å². The standard InChI is InChI=1S/C16H21N3/c1-11(2)18-15-10-9-14(12(3)19-15)16(17)13-7-5-4-6-8-13/h4-11,16H,17H2,1-3H3,(H,18,19). The molecule has 3 nitrogen and oxygen atoms in total. The molecule has 0 aliphatic carbocycles. The molecule has 1 atom stereocenters. The van der Waals surface area contributed by atoms with Crippen molar-refractivity contribution < 1.29 is 0 Å². The van der Waals surface area contributed by atoms with Crippen LogP contribution in [-0.4, -0.2) is 11.0 Å². The van der Waals surface area contributed by atoms with Crippen LogP contribution in [0, 0.1) is 6.92 Å². The molecular formula is C16H21N3. The second-order valence-electron chi connectivity index (χ2n) is 5.06. The van der Waals surface area contributed by atoms with Crippen LogP contribution in [0.3, 0.4) is 0 Å². The van der Waals surface area contributed by atoms with E-state index in [1.165, 1.54) is 0 Å². The van der Waals surface area contributed by atoms with Gasteiger partial charge in [-0.1, -0.05) is 36.4 Å². The number of hydrogen-bond donors (Lipinski definition) is 2. The van der Waals surface area contributed by atoms with Crippen molar-refractivity contribution in [1.82, 2.24) is 4.98 Å². The van der Waals surface area contributed by atoms with Gasteiger partial charge in [-0.05, 0) is 38.0 Å². The molecule has 100 valence electrons. The van der Waals surface area contributed by atoms with Gasteiger partial charge in [-0.25, -0.2) is 4.98 Å². The number of rotatable bonds is 4. The van der Waals surface area contributed by atoms with Crippen LogP contribution >= 0.6 is 0 Å². The van der Waals surface area contributed by atoms with E-state index in [4.69, 9.17) is 5.73 Å². The fourth-order valence-electron chi connectivity index (χ4n) is 2.12. The van der Waals surface area contributed by atoms with Crippen LogP contribution in [0.4, 0.5) is 5.82 Å². The predicted octanol–water partition coefficient (Wildman–Crippen LogP) is 3.26. The number of anilines is 1. The maximum atomic E-state index is 6.31. The molecule has 0 aliphatic heterocycles. The van der Waals surface area contributed by atoms with E-state index in [9.17, 15) is 0 Å². The summed E-state index contributed by atoms with van der Waals surface area (Å²) in [6.45, 7) is 6.20. The Morgan fingerprint density at radius 3 is 2.32 bits per heavy atom. The molecule has 0 amide bonds. The topological polar surface area (TPSA) is 50.9 Å². The van der Waals surface area contributed by atoms with Gasteiger partial charge in [0.25, 0.3) is 0 Å². The quantitative estimate of drug-likeness (QED) is 0.881. The highest BCUT2D eigenvalue weighted by atomic mass is 15.0. The van der Waals surface area contributed by atoms with Gasteiger partial charge in [0.1, 0.15) is 5.82 Å². The summed E-state index contributed by atoms with van der Waals surface area (Å²) in [6.07, 6.45) is 0. The van der Waals surface area contributed by atoms with Gasteiger partial charge >= 0.3 is 0 Å². The van der Waals surface area contributed by atoms with Gasteiger partial charge in [-0.15, -0.1) is 0 Å². The SMILES string of the molecule is Cc1nc(NC(C)C)ccc1C(N)c1ccccc1. The predicted molar refractivity (Wildman–Crippen MR) is 80.2 cm³/mol. The normalized spacial score (nSPS) is 12.5. The molecule has 1 aromatic carbocycles. The molecule has 0 saturated heterocycles. The minimum atomic E-state index is -0.123.